The highest BCUT2D eigenvalue weighted by molar-refractivity contribution is 5.30. The number of halogens is 1. The molecule has 1 saturated heterocycles. The summed E-state index contributed by atoms with van der Waals surface area (Å²) in [6.45, 7) is 7.75. The van der Waals surface area contributed by atoms with E-state index in [2.05, 4.69) is 49.1 Å². The van der Waals surface area contributed by atoms with Crippen LogP contribution in [0.3, 0.4) is 0 Å². The molecule has 26 heavy (non-hydrogen) atoms. The van der Waals surface area contributed by atoms with E-state index in [1.165, 1.54) is 24.8 Å². The molecule has 0 spiro atoms. The Morgan fingerprint density at radius 3 is 2.46 bits per heavy atom. The first-order chi connectivity index (χ1) is 12.6. The predicted molar refractivity (Wildman–Crippen MR) is 105 cm³/mol. The molecule has 3 rings (SSSR count). The van der Waals surface area contributed by atoms with E-state index in [0.717, 1.165) is 31.1 Å². The molecule has 2 aromatic rings. The van der Waals surface area contributed by atoms with Gasteiger partial charge in [0.05, 0.1) is 0 Å². The highest BCUT2D eigenvalue weighted by Gasteiger charge is 2.19. The zero-order valence-electron chi connectivity index (χ0n) is 16.0. The van der Waals surface area contributed by atoms with Crippen LogP contribution < -0.4 is 4.74 Å². The van der Waals surface area contributed by atoms with Gasteiger partial charge >= 0.3 is 0 Å². The third-order valence-electron chi connectivity index (χ3n) is 5.36. The molecule has 1 aliphatic heterocycles. The van der Waals surface area contributed by atoms with Gasteiger partial charge in [0.1, 0.15) is 6.61 Å². The molecule has 0 saturated carbocycles. The third kappa shape index (κ3) is 5.31. The van der Waals surface area contributed by atoms with Crippen molar-refractivity contribution in [3.8, 4) is 5.75 Å². The third-order valence-corrected chi connectivity index (χ3v) is 5.36. The first-order valence-corrected chi connectivity index (χ1v) is 9.80. The quantitative estimate of drug-likeness (QED) is 0.670. The average molecular weight is 355 g/mol. The molecular formula is C23H30FNO. The van der Waals surface area contributed by atoms with Crippen molar-refractivity contribution >= 4 is 0 Å². The van der Waals surface area contributed by atoms with Crippen LogP contribution in [0.5, 0.6) is 5.75 Å². The van der Waals surface area contributed by atoms with E-state index < -0.39 is 0 Å². The summed E-state index contributed by atoms with van der Waals surface area (Å²) >= 11 is 0. The molecule has 0 unspecified atom stereocenters. The van der Waals surface area contributed by atoms with Crippen molar-refractivity contribution in [2.24, 2.45) is 5.92 Å². The Morgan fingerprint density at radius 2 is 1.81 bits per heavy atom. The van der Waals surface area contributed by atoms with Crippen molar-refractivity contribution < 1.29 is 9.13 Å². The van der Waals surface area contributed by atoms with Gasteiger partial charge in [0, 0.05) is 6.54 Å². The van der Waals surface area contributed by atoms with E-state index in [9.17, 15) is 4.39 Å². The fraction of sp³-hybridized carbons (Fsp3) is 0.478. The van der Waals surface area contributed by atoms with Gasteiger partial charge in [-0.25, -0.2) is 4.39 Å². The van der Waals surface area contributed by atoms with Crippen molar-refractivity contribution in [2.45, 2.75) is 39.0 Å². The second kappa shape index (κ2) is 9.18. The van der Waals surface area contributed by atoms with Gasteiger partial charge in [-0.15, -0.1) is 0 Å². The summed E-state index contributed by atoms with van der Waals surface area (Å²) in [5.41, 5.74) is 2.45. The lowest BCUT2D eigenvalue weighted by atomic mass is 9.90. The van der Waals surface area contributed by atoms with Crippen LogP contribution in [0.4, 0.5) is 4.39 Å². The number of benzene rings is 2. The van der Waals surface area contributed by atoms with Crippen LogP contribution in [-0.4, -0.2) is 31.1 Å². The second-order valence-corrected chi connectivity index (χ2v) is 7.67. The Balaban J connectivity index is 1.39. The molecule has 1 fully saturated rings. The molecule has 1 aliphatic rings. The van der Waals surface area contributed by atoms with Crippen molar-refractivity contribution in [1.29, 1.82) is 0 Å². The number of ether oxygens (including phenoxy) is 1. The summed E-state index contributed by atoms with van der Waals surface area (Å²) in [5, 5.41) is 0. The maximum atomic E-state index is 14.1. The number of nitrogens with zero attached hydrogens (tertiary/aromatic N) is 1. The molecule has 0 amide bonds. The van der Waals surface area contributed by atoms with Crippen molar-refractivity contribution in [3.05, 3.63) is 65.5 Å². The van der Waals surface area contributed by atoms with Gasteiger partial charge in [0.2, 0.25) is 0 Å². The molecule has 0 aromatic heterocycles. The van der Waals surface area contributed by atoms with Gasteiger partial charge in [-0.2, -0.15) is 0 Å². The maximum absolute atomic E-state index is 14.1. The normalized spacial score (nSPS) is 16.2. The molecule has 3 heteroatoms. The lowest BCUT2D eigenvalue weighted by molar-refractivity contribution is 0.153. The van der Waals surface area contributed by atoms with Crippen molar-refractivity contribution in [3.63, 3.8) is 0 Å². The summed E-state index contributed by atoms with van der Waals surface area (Å²) in [4.78, 5) is 2.43. The molecule has 0 radical (unpaired) electrons. The Hall–Kier alpha value is -1.87. The van der Waals surface area contributed by atoms with Gasteiger partial charge in [0.15, 0.2) is 11.6 Å². The van der Waals surface area contributed by atoms with E-state index in [4.69, 9.17) is 4.74 Å². The van der Waals surface area contributed by atoms with Crippen LogP contribution in [0.25, 0.3) is 0 Å². The Labute approximate surface area is 157 Å². The average Bonchev–Trinajstić information content (AvgIpc) is 2.65. The molecule has 2 aromatic carbocycles. The summed E-state index contributed by atoms with van der Waals surface area (Å²) < 4.78 is 19.8. The predicted octanol–water partition coefficient (Wildman–Crippen LogP) is 5.28. The van der Waals surface area contributed by atoms with Gasteiger partial charge in [-0.1, -0.05) is 50.2 Å². The molecule has 2 nitrogen and oxygen atoms in total. The Bertz CT molecular complexity index is 678. The van der Waals surface area contributed by atoms with E-state index in [0.29, 0.717) is 18.3 Å². The molecule has 0 aliphatic carbocycles. The number of hydrogen-bond donors (Lipinski definition) is 0. The molecule has 0 atom stereocenters. The maximum Gasteiger partial charge on any atom is 0.165 e. The van der Waals surface area contributed by atoms with Gasteiger partial charge in [-0.3, -0.25) is 4.90 Å². The van der Waals surface area contributed by atoms with E-state index >= 15 is 0 Å². The first kappa shape index (κ1) is 18.9. The summed E-state index contributed by atoms with van der Waals surface area (Å²) in [7, 11) is 0. The minimum atomic E-state index is -0.252. The van der Waals surface area contributed by atoms with Crippen LogP contribution in [0.2, 0.25) is 0 Å². The number of piperidine rings is 1. The van der Waals surface area contributed by atoms with Gasteiger partial charge < -0.3 is 4.74 Å². The van der Waals surface area contributed by atoms with Crippen molar-refractivity contribution in [2.75, 3.05) is 26.2 Å². The molecule has 1 heterocycles. The van der Waals surface area contributed by atoms with Crippen LogP contribution in [0.15, 0.2) is 48.5 Å². The summed E-state index contributed by atoms with van der Waals surface area (Å²) in [6, 6.07) is 16.1. The monoisotopic (exact) mass is 355 g/mol. The minimum Gasteiger partial charge on any atom is -0.489 e. The first-order valence-electron chi connectivity index (χ1n) is 9.80. The van der Waals surface area contributed by atoms with E-state index in [-0.39, 0.29) is 5.82 Å². The van der Waals surface area contributed by atoms with E-state index in [1.807, 2.05) is 6.07 Å². The summed E-state index contributed by atoms with van der Waals surface area (Å²) in [5.74, 6) is 1.22. The fourth-order valence-corrected chi connectivity index (χ4v) is 3.64. The number of hydrogen-bond acceptors (Lipinski definition) is 2. The second-order valence-electron chi connectivity index (χ2n) is 7.67. The Kier molecular flexibility index (Phi) is 6.67. The van der Waals surface area contributed by atoms with Crippen LogP contribution >= 0.6 is 0 Å². The number of rotatable bonds is 7. The highest BCUT2D eigenvalue weighted by Crippen LogP contribution is 2.24. The highest BCUT2D eigenvalue weighted by atomic mass is 19.1. The minimum absolute atomic E-state index is 0.252. The lowest BCUT2D eigenvalue weighted by Crippen LogP contribution is -2.37. The largest absolute Gasteiger partial charge is 0.489 e. The topological polar surface area (TPSA) is 12.5 Å². The van der Waals surface area contributed by atoms with Crippen LogP contribution in [0, 0.1) is 11.7 Å². The standard InChI is InChI=1S/C23H30FNO/c1-18(2)21-8-9-23(22(24)17-21)26-15-14-25-12-10-20(11-13-25)16-19-6-4-3-5-7-19/h3-9,17-18,20H,10-16H2,1-2H3. The lowest BCUT2D eigenvalue weighted by Gasteiger charge is -2.31. The Morgan fingerprint density at radius 1 is 1.08 bits per heavy atom. The molecule has 0 N–H and O–H groups in total. The smallest absolute Gasteiger partial charge is 0.165 e. The molecule has 140 valence electrons. The van der Waals surface area contributed by atoms with Crippen LogP contribution in [-0.2, 0) is 6.42 Å². The van der Waals surface area contributed by atoms with Crippen molar-refractivity contribution in [1.82, 2.24) is 4.90 Å². The van der Waals surface area contributed by atoms with Gasteiger partial charge in [0.25, 0.3) is 0 Å². The molecule has 0 bridgehead atoms. The zero-order chi connectivity index (χ0) is 18.4. The SMILES string of the molecule is CC(C)c1ccc(OCCN2CCC(Cc3ccccc3)CC2)c(F)c1. The van der Waals surface area contributed by atoms with E-state index in [1.54, 1.807) is 12.1 Å². The molecular weight excluding hydrogens is 325 g/mol. The fourth-order valence-electron chi connectivity index (χ4n) is 3.64. The zero-order valence-corrected chi connectivity index (χ0v) is 16.0. The van der Waals surface area contributed by atoms with Gasteiger partial charge in [-0.05, 0) is 67.4 Å². The summed E-state index contributed by atoms with van der Waals surface area (Å²) in [6.07, 6.45) is 3.64. The van der Waals surface area contributed by atoms with Crippen LogP contribution in [0.1, 0.15) is 43.7 Å². The number of likely N-dealkylation sites (tertiary alicyclic amines) is 1.